The Morgan fingerprint density at radius 1 is 1.40 bits per heavy atom. The van der Waals surface area contributed by atoms with Gasteiger partial charge in [-0.3, -0.25) is 0 Å². The zero-order valence-electron chi connectivity index (χ0n) is 9.84. The maximum atomic E-state index is 4.30. The van der Waals surface area contributed by atoms with Gasteiger partial charge in [0.05, 0.1) is 0 Å². The summed E-state index contributed by atoms with van der Waals surface area (Å²) in [6, 6.07) is 0.589. The zero-order valence-corrected chi connectivity index (χ0v) is 10.7. The molecule has 0 saturated carbocycles. The Labute approximate surface area is 96.3 Å². The summed E-state index contributed by atoms with van der Waals surface area (Å²) < 4.78 is 0. The Morgan fingerprint density at radius 3 is 2.80 bits per heavy atom. The van der Waals surface area contributed by atoms with Gasteiger partial charge >= 0.3 is 0 Å². The minimum absolute atomic E-state index is 0.589. The summed E-state index contributed by atoms with van der Waals surface area (Å²) in [6.07, 6.45) is 3.10. The molecule has 0 aromatic carbocycles. The van der Waals surface area contributed by atoms with Crippen LogP contribution in [0.5, 0.6) is 0 Å². The Hall–Kier alpha value is -0.450. The average Bonchev–Trinajstić information content (AvgIpc) is 2.57. The molecule has 1 aromatic rings. The molecule has 0 spiro atoms. The fraction of sp³-hybridized carbons (Fsp3) is 0.727. The normalized spacial score (nSPS) is 11.2. The van der Waals surface area contributed by atoms with Gasteiger partial charge in [0.2, 0.25) is 0 Å². The maximum Gasteiger partial charge on any atom is 0.107 e. The molecule has 4 heteroatoms. The molecular formula is C11H21N3S. The second kappa shape index (κ2) is 6.93. The number of aromatic nitrogens is 1. The minimum Gasteiger partial charge on any atom is -0.314 e. The Balaban J connectivity index is 1.98. The molecule has 0 bridgehead atoms. The van der Waals surface area contributed by atoms with Crippen LogP contribution in [0.1, 0.15) is 30.2 Å². The first-order valence-electron chi connectivity index (χ1n) is 5.54. The molecule has 15 heavy (non-hydrogen) atoms. The van der Waals surface area contributed by atoms with Crippen LogP contribution in [0.3, 0.4) is 0 Å². The lowest BCUT2D eigenvalue weighted by atomic mass is 10.3. The predicted molar refractivity (Wildman–Crippen MR) is 66.3 cm³/mol. The molecule has 1 aromatic heterocycles. The van der Waals surface area contributed by atoms with Crippen LogP contribution >= 0.6 is 11.3 Å². The largest absolute Gasteiger partial charge is 0.314 e. The summed E-state index contributed by atoms with van der Waals surface area (Å²) in [7, 11) is 0. The van der Waals surface area contributed by atoms with Crippen LogP contribution in [0.2, 0.25) is 0 Å². The van der Waals surface area contributed by atoms with Gasteiger partial charge < -0.3 is 10.6 Å². The van der Waals surface area contributed by atoms with Crippen LogP contribution in [-0.4, -0.2) is 24.1 Å². The minimum atomic E-state index is 0.589. The third kappa shape index (κ3) is 5.87. The summed E-state index contributed by atoms with van der Waals surface area (Å²) >= 11 is 1.77. The van der Waals surface area contributed by atoms with E-state index >= 15 is 0 Å². The van der Waals surface area contributed by atoms with E-state index in [4.69, 9.17) is 0 Å². The maximum absolute atomic E-state index is 4.30. The standard InChI is InChI=1S/C11H21N3S/c1-9(2)13-6-4-5-12-8-11-14-7-10(3)15-11/h7,9,12-13H,4-6,8H2,1-3H3. The van der Waals surface area contributed by atoms with Crippen molar-refractivity contribution in [1.82, 2.24) is 15.6 Å². The highest BCUT2D eigenvalue weighted by Crippen LogP contribution is 2.10. The topological polar surface area (TPSA) is 37.0 Å². The van der Waals surface area contributed by atoms with E-state index in [0.29, 0.717) is 6.04 Å². The highest BCUT2D eigenvalue weighted by molar-refractivity contribution is 7.11. The van der Waals surface area contributed by atoms with E-state index < -0.39 is 0 Å². The summed E-state index contributed by atoms with van der Waals surface area (Å²) in [5, 5.41) is 7.98. The van der Waals surface area contributed by atoms with Crippen molar-refractivity contribution in [3.8, 4) is 0 Å². The van der Waals surface area contributed by atoms with Gasteiger partial charge in [-0.25, -0.2) is 4.98 Å². The molecule has 0 aliphatic heterocycles. The number of nitrogens with zero attached hydrogens (tertiary/aromatic N) is 1. The molecule has 0 aliphatic carbocycles. The van der Waals surface area contributed by atoms with Crippen LogP contribution in [0, 0.1) is 6.92 Å². The van der Waals surface area contributed by atoms with Gasteiger partial charge in [0.25, 0.3) is 0 Å². The third-order valence-corrected chi connectivity index (χ3v) is 2.94. The molecule has 0 atom stereocenters. The van der Waals surface area contributed by atoms with Crippen molar-refractivity contribution in [2.45, 2.75) is 39.8 Å². The van der Waals surface area contributed by atoms with Crippen LogP contribution in [0.4, 0.5) is 0 Å². The van der Waals surface area contributed by atoms with Gasteiger partial charge in [-0.1, -0.05) is 13.8 Å². The SMILES string of the molecule is Cc1cnc(CNCCCNC(C)C)s1. The zero-order chi connectivity index (χ0) is 11.1. The number of hydrogen-bond donors (Lipinski definition) is 2. The van der Waals surface area contributed by atoms with E-state index in [-0.39, 0.29) is 0 Å². The molecule has 3 nitrogen and oxygen atoms in total. The second-order valence-corrected chi connectivity index (χ2v) is 5.32. The monoisotopic (exact) mass is 227 g/mol. The highest BCUT2D eigenvalue weighted by Gasteiger charge is 1.97. The summed E-state index contributed by atoms with van der Waals surface area (Å²) in [5.74, 6) is 0. The molecule has 1 rings (SSSR count). The summed E-state index contributed by atoms with van der Waals surface area (Å²) in [5.41, 5.74) is 0. The fourth-order valence-electron chi connectivity index (χ4n) is 1.28. The molecule has 0 fully saturated rings. The van der Waals surface area contributed by atoms with E-state index in [2.05, 4.69) is 36.4 Å². The van der Waals surface area contributed by atoms with Crippen molar-refractivity contribution in [2.75, 3.05) is 13.1 Å². The molecule has 2 N–H and O–H groups in total. The van der Waals surface area contributed by atoms with Gasteiger partial charge in [-0.05, 0) is 26.4 Å². The van der Waals surface area contributed by atoms with Crippen molar-refractivity contribution in [1.29, 1.82) is 0 Å². The first-order valence-corrected chi connectivity index (χ1v) is 6.35. The fourth-order valence-corrected chi connectivity index (χ4v) is 2.04. The van der Waals surface area contributed by atoms with Gasteiger partial charge in [-0.2, -0.15) is 0 Å². The molecule has 0 unspecified atom stereocenters. The molecule has 0 saturated heterocycles. The molecule has 1 heterocycles. The van der Waals surface area contributed by atoms with E-state index in [1.54, 1.807) is 11.3 Å². The smallest absolute Gasteiger partial charge is 0.107 e. The lowest BCUT2D eigenvalue weighted by molar-refractivity contribution is 0.547. The third-order valence-electron chi connectivity index (χ3n) is 2.03. The summed E-state index contributed by atoms with van der Waals surface area (Å²) in [6.45, 7) is 9.48. The van der Waals surface area contributed by atoms with E-state index in [0.717, 1.165) is 19.6 Å². The number of aryl methyl sites for hydroxylation is 1. The molecule has 0 radical (unpaired) electrons. The van der Waals surface area contributed by atoms with Gasteiger partial charge in [-0.15, -0.1) is 11.3 Å². The molecule has 0 aliphatic rings. The molecule has 86 valence electrons. The van der Waals surface area contributed by atoms with E-state index in [1.165, 1.54) is 16.3 Å². The van der Waals surface area contributed by atoms with Gasteiger partial charge in [0.15, 0.2) is 0 Å². The first kappa shape index (κ1) is 12.6. The number of rotatable bonds is 7. The predicted octanol–water partition coefficient (Wildman–Crippen LogP) is 1.93. The van der Waals surface area contributed by atoms with Crippen molar-refractivity contribution < 1.29 is 0 Å². The first-order chi connectivity index (χ1) is 7.18. The quantitative estimate of drug-likeness (QED) is 0.699. The van der Waals surface area contributed by atoms with E-state index in [9.17, 15) is 0 Å². The molecular weight excluding hydrogens is 206 g/mol. The number of nitrogens with one attached hydrogen (secondary N) is 2. The Kier molecular flexibility index (Phi) is 5.83. The number of thiazole rings is 1. The Morgan fingerprint density at radius 2 is 2.20 bits per heavy atom. The molecule has 0 amide bonds. The lowest BCUT2D eigenvalue weighted by Gasteiger charge is -2.07. The van der Waals surface area contributed by atoms with Crippen LogP contribution in [0.15, 0.2) is 6.20 Å². The second-order valence-electron chi connectivity index (χ2n) is 4.00. The van der Waals surface area contributed by atoms with Crippen molar-refractivity contribution >= 4 is 11.3 Å². The van der Waals surface area contributed by atoms with Crippen LogP contribution in [0.25, 0.3) is 0 Å². The van der Waals surface area contributed by atoms with E-state index in [1.807, 2.05) is 6.20 Å². The number of hydrogen-bond acceptors (Lipinski definition) is 4. The van der Waals surface area contributed by atoms with Crippen LogP contribution < -0.4 is 10.6 Å². The highest BCUT2D eigenvalue weighted by atomic mass is 32.1. The van der Waals surface area contributed by atoms with Crippen LogP contribution in [-0.2, 0) is 6.54 Å². The van der Waals surface area contributed by atoms with Gasteiger partial charge in [0.1, 0.15) is 5.01 Å². The van der Waals surface area contributed by atoms with Crippen molar-refractivity contribution in [3.05, 3.63) is 16.1 Å². The van der Waals surface area contributed by atoms with Crippen molar-refractivity contribution in [3.63, 3.8) is 0 Å². The van der Waals surface area contributed by atoms with Crippen molar-refractivity contribution in [2.24, 2.45) is 0 Å². The van der Waals surface area contributed by atoms with Gasteiger partial charge in [0, 0.05) is 23.7 Å². The Bertz CT molecular complexity index is 271. The summed E-state index contributed by atoms with van der Waals surface area (Å²) in [4.78, 5) is 5.59. The average molecular weight is 227 g/mol. The lowest BCUT2D eigenvalue weighted by Crippen LogP contribution is -2.26.